The number of morpholine rings is 1. The lowest BCUT2D eigenvalue weighted by Crippen LogP contribution is -2.40. The van der Waals surface area contributed by atoms with Gasteiger partial charge in [0, 0.05) is 61.5 Å². The third kappa shape index (κ3) is 9.64. The first kappa shape index (κ1) is 37.3. The van der Waals surface area contributed by atoms with Gasteiger partial charge in [0.2, 0.25) is 11.8 Å². The molecule has 3 aliphatic rings. The number of amides is 3. The van der Waals surface area contributed by atoms with Gasteiger partial charge in [0.25, 0.3) is 5.91 Å². The number of ether oxygens (including phenoxy) is 1. The average molecular weight is 728 g/mol. The predicted molar refractivity (Wildman–Crippen MR) is 184 cm³/mol. The molecule has 11 nitrogen and oxygen atoms in total. The first-order chi connectivity index (χ1) is 24.3. The summed E-state index contributed by atoms with van der Waals surface area (Å²) in [6.07, 6.45) is -4.14. The zero-order chi connectivity index (χ0) is 36.7. The van der Waals surface area contributed by atoms with Gasteiger partial charge in [-0.05, 0) is 53.4 Å². The molecule has 1 N–H and O–H groups in total. The number of benzene rings is 3. The highest BCUT2D eigenvalue weighted by Gasteiger charge is 2.38. The Kier molecular flexibility index (Phi) is 12.0. The summed E-state index contributed by atoms with van der Waals surface area (Å²) in [4.78, 5) is 61.1. The van der Waals surface area contributed by atoms with E-state index in [2.05, 4.69) is 9.89 Å². The molecule has 3 heterocycles. The van der Waals surface area contributed by atoms with E-state index in [-0.39, 0.29) is 30.8 Å². The molecule has 3 aromatic carbocycles. The maximum absolute atomic E-state index is 13.9. The molecular weight excluding hydrogens is 691 g/mol. The molecule has 15 heteroatoms. The van der Waals surface area contributed by atoms with E-state index < -0.39 is 12.1 Å². The van der Waals surface area contributed by atoms with Gasteiger partial charge in [-0.25, -0.2) is 4.79 Å². The number of fused-ring (bicyclic) bond motifs is 1. The quantitative estimate of drug-likeness (QED) is 0.376. The molecule has 0 aliphatic carbocycles. The highest BCUT2D eigenvalue weighted by molar-refractivity contribution is 6.30. The Morgan fingerprint density at radius 1 is 0.902 bits per heavy atom. The van der Waals surface area contributed by atoms with Crippen molar-refractivity contribution in [2.45, 2.75) is 32.1 Å². The van der Waals surface area contributed by atoms with Gasteiger partial charge in [-0.2, -0.15) is 13.2 Å². The second kappa shape index (κ2) is 16.4. The first-order valence-electron chi connectivity index (χ1n) is 16.3. The van der Waals surface area contributed by atoms with Crippen molar-refractivity contribution in [1.82, 2.24) is 14.7 Å². The van der Waals surface area contributed by atoms with Crippen LogP contribution in [0, 0.1) is 0 Å². The van der Waals surface area contributed by atoms with Crippen LogP contribution in [0.4, 0.5) is 18.9 Å². The molecule has 3 amide bonds. The third-order valence-corrected chi connectivity index (χ3v) is 8.90. The standard InChI is InChI=1S/C34H36ClN5O4.C2HF3O2/c1-37-15-14-36-33(37)26-6-3-25(4-7-26)21-40-30-20-24(5-13-31(41)38-16-18-44-19-17-38)2-8-28(30)22-39(23-32(40)42)34(43)27-9-11-29(35)12-10-27;3-2(4,5)1(6)7/h2-4,6-12,20H,5,13-19,21-23H2,1H3;(H,6,7). The molecule has 1 fully saturated rings. The lowest BCUT2D eigenvalue weighted by atomic mass is 10.0. The van der Waals surface area contributed by atoms with Crippen molar-refractivity contribution in [2.75, 3.05) is 57.9 Å². The number of carboxylic acid groups (broad SMARTS) is 1. The molecule has 0 spiro atoms. The number of carbonyl (C=O) groups is 4. The highest BCUT2D eigenvalue weighted by Crippen LogP contribution is 2.30. The van der Waals surface area contributed by atoms with Crippen LogP contribution in [0.2, 0.25) is 5.02 Å². The highest BCUT2D eigenvalue weighted by atomic mass is 35.5. The van der Waals surface area contributed by atoms with Crippen molar-refractivity contribution in [3.8, 4) is 0 Å². The largest absolute Gasteiger partial charge is 0.490 e. The Bertz CT molecular complexity index is 1780. The van der Waals surface area contributed by atoms with Crippen LogP contribution >= 0.6 is 11.6 Å². The third-order valence-electron chi connectivity index (χ3n) is 8.65. The molecule has 3 aromatic rings. The smallest absolute Gasteiger partial charge is 0.475 e. The van der Waals surface area contributed by atoms with Gasteiger partial charge >= 0.3 is 12.1 Å². The fraction of sp³-hybridized carbons (Fsp3) is 0.361. The second-order valence-electron chi connectivity index (χ2n) is 12.2. The molecule has 0 radical (unpaired) electrons. The van der Waals surface area contributed by atoms with E-state index in [1.165, 1.54) is 0 Å². The van der Waals surface area contributed by atoms with Crippen molar-refractivity contribution in [2.24, 2.45) is 4.99 Å². The van der Waals surface area contributed by atoms with E-state index in [0.717, 1.165) is 46.9 Å². The van der Waals surface area contributed by atoms with E-state index in [1.54, 1.807) is 34.1 Å². The van der Waals surface area contributed by atoms with Crippen LogP contribution in [0.25, 0.3) is 0 Å². The number of nitrogens with zero attached hydrogens (tertiary/aromatic N) is 5. The number of amidine groups is 1. The number of hydrogen-bond donors (Lipinski definition) is 1. The lowest BCUT2D eigenvalue weighted by Gasteiger charge is -2.27. The van der Waals surface area contributed by atoms with Gasteiger partial charge in [-0.1, -0.05) is 48.0 Å². The van der Waals surface area contributed by atoms with E-state index in [0.29, 0.717) is 56.3 Å². The van der Waals surface area contributed by atoms with Crippen molar-refractivity contribution < 1.29 is 42.2 Å². The average Bonchev–Trinajstić information content (AvgIpc) is 3.50. The number of likely N-dealkylation sites (N-methyl/N-ethyl adjacent to an activating group) is 1. The summed E-state index contributed by atoms with van der Waals surface area (Å²) in [5.74, 6) is -2.08. The van der Waals surface area contributed by atoms with Gasteiger partial charge in [-0.3, -0.25) is 19.4 Å². The molecule has 0 aromatic heterocycles. The van der Waals surface area contributed by atoms with Crippen LogP contribution in [-0.4, -0.2) is 108 Å². The zero-order valence-corrected chi connectivity index (χ0v) is 28.6. The number of aryl methyl sites for hydroxylation is 1. The second-order valence-corrected chi connectivity index (χ2v) is 12.7. The summed E-state index contributed by atoms with van der Waals surface area (Å²) in [5, 5.41) is 7.67. The minimum atomic E-state index is -5.08. The maximum atomic E-state index is 13.9. The number of carbonyl (C=O) groups excluding carboxylic acids is 3. The molecule has 0 bridgehead atoms. The van der Waals surface area contributed by atoms with Gasteiger partial charge < -0.3 is 29.4 Å². The molecule has 0 atom stereocenters. The minimum Gasteiger partial charge on any atom is -0.475 e. The fourth-order valence-electron chi connectivity index (χ4n) is 5.89. The van der Waals surface area contributed by atoms with Crippen molar-refractivity contribution >= 4 is 46.8 Å². The number of aliphatic imine (C=N–C) groups is 1. The minimum absolute atomic E-state index is 0.0549. The van der Waals surface area contributed by atoms with Crippen molar-refractivity contribution in [3.63, 3.8) is 0 Å². The normalized spacial score (nSPS) is 16.2. The summed E-state index contributed by atoms with van der Waals surface area (Å²) in [6, 6.07) is 20.9. The van der Waals surface area contributed by atoms with Crippen LogP contribution in [0.15, 0.2) is 71.7 Å². The molecule has 6 rings (SSSR count). The zero-order valence-electron chi connectivity index (χ0n) is 27.9. The molecule has 0 unspecified atom stereocenters. The van der Waals surface area contributed by atoms with Crippen LogP contribution in [0.5, 0.6) is 0 Å². The molecule has 1 saturated heterocycles. The molecule has 51 heavy (non-hydrogen) atoms. The van der Waals surface area contributed by atoms with Crippen LogP contribution in [0.1, 0.15) is 39.0 Å². The number of carboxylic acids is 1. The van der Waals surface area contributed by atoms with E-state index in [9.17, 15) is 27.6 Å². The Hall–Kier alpha value is -4.95. The summed E-state index contributed by atoms with van der Waals surface area (Å²) in [7, 11) is 2.04. The molecule has 270 valence electrons. The van der Waals surface area contributed by atoms with Crippen LogP contribution in [-0.2, 0) is 38.6 Å². The summed E-state index contributed by atoms with van der Waals surface area (Å²) in [5.41, 5.74) is 5.11. The number of hydrogen-bond acceptors (Lipinski definition) is 7. The number of alkyl halides is 3. The summed E-state index contributed by atoms with van der Waals surface area (Å²) in [6.45, 7) is 4.65. The maximum Gasteiger partial charge on any atom is 0.490 e. The number of halogens is 4. The predicted octanol–water partition coefficient (Wildman–Crippen LogP) is 4.65. The Morgan fingerprint density at radius 3 is 2.16 bits per heavy atom. The topological polar surface area (TPSA) is 123 Å². The number of rotatable bonds is 7. The monoisotopic (exact) mass is 727 g/mol. The van der Waals surface area contributed by atoms with Gasteiger partial charge in [0.15, 0.2) is 0 Å². The van der Waals surface area contributed by atoms with E-state index in [4.69, 9.17) is 26.2 Å². The van der Waals surface area contributed by atoms with Gasteiger partial charge in [0.05, 0.1) is 26.3 Å². The molecule has 3 aliphatic heterocycles. The van der Waals surface area contributed by atoms with Crippen molar-refractivity contribution in [1.29, 1.82) is 0 Å². The van der Waals surface area contributed by atoms with Crippen LogP contribution in [0.3, 0.4) is 0 Å². The SMILES string of the molecule is CN1CCN=C1c1ccc(CN2C(=O)CN(C(=O)c3ccc(Cl)cc3)Cc3ccc(CCC(=O)N4CCOCC4)cc32)cc1.O=C(O)C(F)(F)F. The lowest BCUT2D eigenvalue weighted by molar-refractivity contribution is -0.192. The van der Waals surface area contributed by atoms with Gasteiger partial charge in [0.1, 0.15) is 12.4 Å². The Morgan fingerprint density at radius 2 is 1.55 bits per heavy atom. The van der Waals surface area contributed by atoms with E-state index in [1.807, 2.05) is 54.4 Å². The van der Waals surface area contributed by atoms with E-state index >= 15 is 0 Å². The summed E-state index contributed by atoms with van der Waals surface area (Å²) < 4.78 is 37.1. The molecule has 0 saturated carbocycles. The first-order valence-corrected chi connectivity index (χ1v) is 16.7. The van der Waals surface area contributed by atoms with Crippen LogP contribution < -0.4 is 4.90 Å². The molecular formula is C36H37ClF3N5O6. The Balaban J connectivity index is 0.000000654. The van der Waals surface area contributed by atoms with Crippen molar-refractivity contribution in [3.05, 3.63) is 99.6 Å². The summed E-state index contributed by atoms with van der Waals surface area (Å²) >= 11 is 6.05. The number of anilines is 1. The number of aliphatic carboxylic acids is 1. The van der Waals surface area contributed by atoms with Gasteiger partial charge in [-0.15, -0.1) is 0 Å². The fourth-order valence-corrected chi connectivity index (χ4v) is 6.02. The Labute approximate surface area is 297 Å².